The van der Waals surface area contributed by atoms with Crippen molar-refractivity contribution in [1.29, 1.82) is 0 Å². The molecule has 3 aromatic rings. The average molecular weight is 357 g/mol. The van der Waals surface area contributed by atoms with Gasteiger partial charge in [0.1, 0.15) is 11.5 Å². The van der Waals surface area contributed by atoms with Crippen molar-refractivity contribution in [3.8, 4) is 11.5 Å². The number of anilines is 2. The first-order chi connectivity index (χ1) is 12.2. The Morgan fingerprint density at radius 2 is 1.68 bits per heavy atom. The van der Waals surface area contributed by atoms with Crippen LogP contribution in [-0.4, -0.2) is 24.2 Å². The average Bonchev–Trinajstić information content (AvgIpc) is 2.98. The zero-order chi connectivity index (χ0) is 17.6. The van der Waals surface area contributed by atoms with Crippen molar-refractivity contribution in [3.05, 3.63) is 42.5 Å². The molecule has 3 rings (SSSR count). The second-order valence-corrected chi connectivity index (χ2v) is 6.15. The van der Waals surface area contributed by atoms with Gasteiger partial charge in [0, 0.05) is 5.69 Å². The number of carbonyl (C=O) groups excluding carboxylic acids is 1. The summed E-state index contributed by atoms with van der Waals surface area (Å²) in [6.07, 6.45) is 0. The second kappa shape index (κ2) is 7.85. The lowest BCUT2D eigenvalue weighted by atomic mass is 10.3. The summed E-state index contributed by atoms with van der Waals surface area (Å²) in [6.45, 7) is 5.08. The van der Waals surface area contributed by atoms with E-state index in [1.54, 1.807) is 12.1 Å². The van der Waals surface area contributed by atoms with E-state index >= 15 is 0 Å². The maximum absolute atomic E-state index is 12.1. The number of carbonyl (C=O) groups is 1. The van der Waals surface area contributed by atoms with Crippen LogP contribution in [0.4, 0.5) is 15.6 Å². The minimum absolute atomic E-state index is 0.340. The minimum atomic E-state index is -0.340. The van der Waals surface area contributed by atoms with Crippen LogP contribution in [0, 0.1) is 0 Å². The highest BCUT2D eigenvalue weighted by Gasteiger charge is 2.09. The molecule has 0 aliphatic carbocycles. The van der Waals surface area contributed by atoms with Gasteiger partial charge < -0.3 is 14.8 Å². The Morgan fingerprint density at radius 1 is 1.00 bits per heavy atom. The number of urea groups is 1. The third-order valence-corrected chi connectivity index (χ3v) is 4.25. The van der Waals surface area contributed by atoms with Crippen LogP contribution >= 0.6 is 11.3 Å². The molecular formula is C18H19N3O3S. The van der Waals surface area contributed by atoms with Crippen LogP contribution in [0.25, 0.3) is 10.2 Å². The quantitative estimate of drug-likeness (QED) is 0.668. The van der Waals surface area contributed by atoms with Crippen LogP contribution in [-0.2, 0) is 0 Å². The highest BCUT2D eigenvalue weighted by atomic mass is 32.1. The van der Waals surface area contributed by atoms with Crippen molar-refractivity contribution >= 4 is 38.4 Å². The molecule has 1 heterocycles. The van der Waals surface area contributed by atoms with Crippen LogP contribution in [0.2, 0.25) is 0 Å². The van der Waals surface area contributed by atoms with E-state index < -0.39 is 0 Å². The van der Waals surface area contributed by atoms with Gasteiger partial charge in [0.15, 0.2) is 5.13 Å². The topological polar surface area (TPSA) is 72.5 Å². The molecule has 1 aromatic heterocycles. The first-order valence-corrected chi connectivity index (χ1v) is 8.84. The fourth-order valence-corrected chi connectivity index (χ4v) is 3.16. The molecule has 0 saturated heterocycles. The molecule has 0 atom stereocenters. The Balaban J connectivity index is 1.64. The summed E-state index contributed by atoms with van der Waals surface area (Å²) >= 11 is 1.40. The number of ether oxygens (including phenoxy) is 2. The highest BCUT2D eigenvalue weighted by molar-refractivity contribution is 7.22. The zero-order valence-electron chi connectivity index (χ0n) is 14.0. The van der Waals surface area contributed by atoms with Gasteiger partial charge in [-0.15, -0.1) is 0 Å². The molecule has 2 aromatic carbocycles. The molecule has 0 aliphatic rings. The van der Waals surface area contributed by atoms with Crippen molar-refractivity contribution in [2.45, 2.75) is 13.8 Å². The Bertz CT molecular complexity index is 862. The molecule has 25 heavy (non-hydrogen) atoms. The van der Waals surface area contributed by atoms with E-state index in [4.69, 9.17) is 9.47 Å². The molecule has 0 saturated carbocycles. The smallest absolute Gasteiger partial charge is 0.325 e. The summed E-state index contributed by atoms with van der Waals surface area (Å²) in [5, 5.41) is 6.06. The number of hydrogen-bond acceptors (Lipinski definition) is 5. The van der Waals surface area contributed by atoms with Crippen molar-refractivity contribution in [1.82, 2.24) is 4.98 Å². The lowest BCUT2D eigenvalue weighted by Crippen LogP contribution is -2.19. The van der Waals surface area contributed by atoms with Gasteiger partial charge in [-0.1, -0.05) is 11.3 Å². The van der Waals surface area contributed by atoms with Crippen LogP contribution in [0.15, 0.2) is 42.5 Å². The van der Waals surface area contributed by atoms with Crippen molar-refractivity contribution in [3.63, 3.8) is 0 Å². The van der Waals surface area contributed by atoms with Crippen LogP contribution in [0.5, 0.6) is 11.5 Å². The van der Waals surface area contributed by atoms with E-state index in [0.717, 1.165) is 21.7 Å². The summed E-state index contributed by atoms with van der Waals surface area (Å²) < 4.78 is 11.8. The molecule has 6 nitrogen and oxygen atoms in total. The maximum Gasteiger partial charge on any atom is 0.325 e. The van der Waals surface area contributed by atoms with Crippen molar-refractivity contribution < 1.29 is 14.3 Å². The van der Waals surface area contributed by atoms with E-state index in [1.807, 2.05) is 44.2 Å². The molecule has 2 amide bonds. The van der Waals surface area contributed by atoms with Gasteiger partial charge in [-0.25, -0.2) is 9.78 Å². The Kier molecular flexibility index (Phi) is 5.35. The first-order valence-electron chi connectivity index (χ1n) is 8.02. The summed E-state index contributed by atoms with van der Waals surface area (Å²) in [6, 6.07) is 12.5. The predicted octanol–water partition coefficient (Wildman–Crippen LogP) is 4.74. The van der Waals surface area contributed by atoms with Crippen molar-refractivity contribution in [2.75, 3.05) is 23.8 Å². The van der Waals surface area contributed by atoms with Crippen molar-refractivity contribution in [2.24, 2.45) is 0 Å². The van der Waals surface area contributed by atoms with Gasteiger partial charge in [-0.3, -0.25) is 5.32 Å². The van der Waals surface area contributed by atoms with E-state index in [1.165, 1.54) is 11.3 Å². The normalized spacial score (nSPS) is 10.5. The van der Waals surface area contributed by atoms with Gasteiger partial charge in [-0.2, -0.15) is 0 Å². The van der Waals surface area contributed by atoms with E-state index in [2.05, 4.69) is 15.6 Å². The summed E-state index contributed by atoms with van der Waals surface area (Å²) in [4.78, 5) is 16.5. The lowest BCUT2D eigenvalue weighted by Gasteiger charge is -2.07. The molecule has 0 unspecified atom stereocenters. The van der Waals surface area contributed by atoms with Gasteiger partial charge in [-0.05, 0) is 56.3 Å². The zero-order valence-corrected chi connectivity index (χ0v) is 14.9. The fraction of sp³-hybridized carbons (Fsp3) is 0.222. The van der Waals surface area contributed by atoms with Gasteiger partial charge in [0.2, 0.25) is 0 Å². The molecule has 7 heteroatoms. The molecule has 0 radical (unpaired) electrons. The van der Waals surface area contributed by atoms with Gasteiger partial charge in [0.25, 0.3) is 0 Å². The molecule has 0 bridgehead atoms. The third kappa shape index (κ3) is 4.39. The molecule has 0 spiro atoms. The number of nitrogens with one attached hydrogen (secondary N) is 2. The summed E-state index contributed by atoms with van der Waals surface area (Å²) in [5.41, 5.74) is 1.51. The third-order valence-electron chi connectivity index (χ3n) is 3.31. The fourth-order valence-electron chi connectivity index (χ4n) is 2.28. The van der Waals surface area contributed by atoms with E-state index in [0.29, 0.717) is 24.0 Å². The van der Waals surface area contributed by atoms with Gasteiger partial charge >= 0.3 is 6.03 Å². The number of amides is 2. The van der Waals surface area contributed by atoms with Crippen LogP contribution < -0.4 is 20.1 Å². The minimum Gasteiger partial charge on any atom is -0.494 e. The summed E-state index contributed by atoms with van der Waals surface area (Å²) in [5.74, 6) is 1.56. The monoisotopic (exact) mass is 357 g/mol. The SMILES string of the molecule is CCOc1ccc(NC(=O)Nc2nc3ccc(OCC)cc3s2)cc1. The van der Waals surface area contributed by atoms with E-state index in [-0.39, 0.29) is 6.03 Å². The molecule has 0 aliphatic heterocycles. The van der Waals surface area contributed by atoms with E-state index in [9.17, 15) is 4.79 Å². The Hall–Kier alpha value is -2.80. The number of aromatic nitrogens is 1. The highest BCUT2D eigenvalue weighted by Crippen LogP contribution is 2.29. The molecule has 2 N–H and O–H groups in total. The maximum atomic E-state index is 12.1. The number of rotatable bonds is 6. The number of nitrogens with zero attached hydrogens (tertiary/aromatic N) is 1. The number of fused-ring (bicyclic) bond motifs is 1. The number of hydrogen-bond donors (Lipinski definition) is 2. The van der Waals surface area contributed by atoms with Crippen LogP contribution in [0.3, 0.4) is 0 Å². The standard InChI is InChI=1S/C18H19N3O3S/c1-3-23-13-7-5-12(6-8-13)19-17(22)21-18-20-15-10-9-14(24-4-2)11-16(15)25-18/h5-11H,3-4H2,1-2H3,(H2,19,20,21,22). The number of benzene rings is 2. The largest absolute Gasteiger partial charge is 0.494 e. The predicted molar refractivity (Wildman–Crippen MR) is 101 cm³/mol. The Morgan fingerprint density at radius 3 is 2.40 bits per heavy atom. The molecule has 130 valence electrons. The van der Waals surface area contributed by atoms with Gasteiger partial charge in [0.05, 0.1) is 23.4 Å². The first kappa shape index (κ1) is 17.0. The Labute approximate surface area is 149 Å². The summed E-state index contributed by atoms with van der Waals surface area (Å²) in [7, 11) is 0. The second-order valence-electron chi connectivity index (χ2n) is 5.12. The molecular weight excluding hydrogens is 338 g/mol. The lowest BCUT2D eigenvalue weighted by molar-refractivity contribution is 0.262. The van der Waals surface area contributed by atoms with Crippen LogP contribution in [0.1, 0.15) is 13.8 Å². The number of thiazole rings is 1. The molecule has 0 fully saturated rings.